The Balaban J connectivity index is 1.95. The van der Waals surface area contributed by atoms with Crippen molar-refractivity contribution in [2.24, 2.45) is 17.3 Å². The largest absolute Gasteiger partial charge is 0.458 e. The summed E-state index contributed by atoms with van der Waals surface area (Å²) in [6, 6.07) is -0.658. The van der Waals surface area contributed by atoms with Gasteiger partial charge in [0, 0.05) is 36.9 Å². The van der Waals surface area contributed by atoms with Crippen molar-refractivity contribution in [3.05, 3.63) is 21.7 Å². The molecule has 0 amide bonds. The van der Waals surface area contributed by atoms with Crippen LogP contribution in [0.1, 0.15) is 77.4 Å². The Labute approximate surface area is 236 Å². The number of hydrogen-bond acceptors (Lipinski definition) is 9. The third kappa shape index (κ3) is 7.34. The van der Waals surface area contributed by atoms with E-state index in [4.69, 9.17) is 4.74 Å². The van der Waals surface area contributed by atoms with Crippen LogP contribution >= 0.6 is 11.3 Å². The third-order valence-electron chi connectivity index (χ3n) is 8.29. The predicted molar refractivity (Wildman–Crippen MR) is 150 cm³/mol. The molecule has 12 heteroatoms. The lowest BCUT2D eigenvalue weighted by Gasteiger charge is -2.34. The summed E-state index contributed by atoms with van der Waals surface area (Å²) in [6.45, 7) is 10.4. The maximum atomic E-state index is 13.3. The number of nitrogens with zero attached hydrogens (tertiary/aromatic N) is 2. The van der Waals surface area contributed by atoms with Crippen molar-refractivity contribution in [1.29, 1.82) is 0 Å². The lowest BCUT2D eigenvalue weighted by atomic mass is 9.73. The lowest BCUT2D eigenvalue weighted by molar-refractivity contribution is -0.154. The SMILES string of the molecule is CNS(=O)(=O)N1[C@@H]2CCC[C@H](C)C(O)[C@@H](C)C(=O)C(C)(C)[C@@H](O)CC(=O)O[C@H](/C(C)=C/c3csc(C)n3)C[C@@H]21. The highest BCUT2D eigenvalue weighted by Crippen LogP contribution is 2.41. The molecule has 3 heterocycles. The number of carbonyl (C=O) groups excluding carboxylic acids is 2. The summed E-state index contributed by atoms with van der Waals surface area (Å²) in [6.07, 6.45) is 0.492. The first-order valence-corrected chi connectivity index (χ1v) is 15.8. The van der Waals surface area contributed by atoms with Gasteiger partial charge < -0.3 is 14.9 Å². The number of aliphatic hydroxyl groups is 2. The van der Waals surface area contributed by atoms with E-state index < -0.39 is 52.2 Å². The molecule has 2 fully saturated rings. The fourth-order valence-electron chi connectivity index (χ4n) is 5.51. The van der Waals surface area contributed by atoms with E-state index in [0.717, 1.165) is 10.7 Å². The van der Waals surface area contributed by atoms with Gasteiger partial charge in [-0.3, -0.25) is 9.59 Å². The van der Waals surface area contributed by atoms with Crippen LogP contribution in [0.2, 0.25) is 0 Å². The molecule has 3 rings (SSSR count). The summed E-state index contributed by atoms with van der Waals surface area (Å²) in [5.41, 5.74) is 0.143. The highest BCUT2D eigenvalue weighted by Gasteiger charge is 2.55. The van der Waals surface area contributed by atoms with E-state index in [2.05, 4.69) is 9.71 Å². The van der Waals surface area contributed by atoms with Gasteiger partial charge in [-0.15, -0.1) is 11.3 Å². The summed E-state index contributed by atoms with van der Waals surface area (Å²) in [5, 5.41) is 24.6. The molecule has 1 aromatic heterocycles. The summed E-state index contributed by atoms with van der Waals surface area (Å²) < 4.78 is 35.2. The van der Waals surface area contributed by atoms with Crippen LogP contribution in [0.25, 0.3) is 6.08 Å². The number of hydrogen-bond donors (Lipinski definition) is 3. The molecule has 0 saturated carbocycles. The van der Waals surface area contributed by atoms with Gasteiger partial charge in [-0.25, -0.2) is 9.71 Å². The number of Topliss-reactive ketones (excluding diaryl/α,β-unsaturated/α-hetero) is 1. The molecule has 2 aliphatic heterocycles. The lowest BCUT2D eigenvalue weighted by Crippen LogP contribution is -2.45. The number of rotatable bonds is 4. The number of nitrogens with one attached hydrogen (secondary N) is 1. The summed E-state index contributed by atoms with van der Waals surface area (Å²) >= 11 is 1.49. The van der Waals surface area contributed by atoms with Gasteiger partial charge in [-0.05, 0) is 44.3 Å². The molecule has 0 aliphatic carbocycles. The van der Waals surface area contributed by atoms with E-state index >= 15 is 0 Å². The third-order valence-corrected chi connectivity index (χ3v) is 10.7. The maximum Gasteiger partial charge on any atom is 0.309 e. The van der Waals surface area contributed by atoms with Crippen molar-refractivity contribution in [2.45, 2.75) is 104 Å². The van der Waals surface area contributed by atoms with Crippen LogP contribution in [0.3, 0.4) is 0 Å². The van der Waals surface area contributed by atoms with Crippen molar-refractivity contribution in [3.63, 3.8) is 0 Å². The average molecular weight is 586 g/mol. The zero-order valence-corrected chi connectivity index (χ0v) is 25.5. The Bertz CT molecular complexity index is 1180. The van der Waals surface area contributed by atoms with Crippen LogP contribution in [-0.2, 0) is 24.5 Å². The van der Waals surface area contributed by atoms with Crippen LogP contribution in [0.5, 0.6) is 0 Å². The van der Waals surface area contributed by atoms with Gasteiger partial charge >= 0.3 is 5.97 Å². The highest BCUT2D eigenvalue weighted by molar-refractivity contribution is 7.87. The molecule has 0 radical (unpaired) electrons. The molecule has 1 aromatic rings. The van der Waals surface area contributed by atoms with Crippen molar-refractivity contribution < 1.29 is 33.0 Å². The molecule has 0 bridgehead atoms. The normalized spacial score (nSPS) is 35.3. The molecule has 39 heavy (non-hydrogen) atoms. The molecule has 2 aliphatic rings. The standard InChI is InChI=1S/C27H43N3O7S2/c1-15-9-8-10-20-21(30(20)39(35,36)28-7)12-22(16(2)11-19-14-38-18(4)29-19)37-24(32)13-23(31)27(5,6)26(34)17(3)25(15)33/h11,14-15,17,20-23,25,28,31,33H,8-10,12-13H2,1-7H3/b16-11+/t15-,17+,20+,21-,22-,23-,25?,30?/m0/s1. The van der Waals surface area contributed by atoms with E-state index in [-0.39, 0.29) is 30.2 Å². The van der Waals surface area contributed by atoms with E-state index in [0.29, 0.717) is 24.8 Å². The van der Waals surface area contributed by atoms with E-state index in [1.807, 2.05) is 32.2 Å². The van der Waals surface area contributed by atoms with E-state index in [1.165, 1.54) is 22.7 Å². The minimum absolute atomic E-state index is 0.208. The first kappa shape index (κ1) is 31.8. The van der Waals surface area contributed by atoms with Gasteiger partial charge in [-0.2, -0.15) is 12.7 Å². The minimum atomic E-state index is -3.71. The van der Waals surface area contributed by atoms with Crippen LogP contribution in [0.15, 0.2) is 11.0 Å². The van der Waals surface area contributed by atoms with Gasteiger partial charge in [0.05, 0.1) is 34.7 Å². The first-order valence-electron chi connectivity index (χ1n) is 13.5. The number of fused-ring (bicyclic) bond motifs is 1. The van der Waals surface area contributed by atoms with Crippen molar-refractivity contribution in [1.82, 2.24) is 14.0 Å². The van der Waals surface area contributed by atoms with Gasteiger partial charge in [0.15, 0.2) is 0 Å². The Hall–Kier alpha value is -1.70. The molecule has 8 atom stereocenters. The Kier molecular flexibility index (Phi) is 10.2. The van der Waals surface area contributed by atoms with Crippen molar-refractivity contribution in [3.8, 4) is 0 Å². The molecular weight excluding hydrogens is 542 g/mol. The topological polar surface area (TPSA) is 146 Å². The Morgan fingerprint density at radius 1 is 1.23 bits per heavy atom. The van der Waals surface area contributed by atoms with Gasteiger partial charge in [0.2, 0.25) is 0 Å². The quantitative estimate of drug-likeness (QED) is 0.361. The summed E-state index contributed by atoms with van der Waals surface area (Å²) in [5.74, 6) is -1.97. The molecule has 0 spiro atoms. The number of carbonyl (C=O) groups is 2. The fourth-order valence-corrected chi connectivity index (χ4v) is 7.42. The molecule has 10 nitrogen and oxygen atoms in total. The predicted octanol–water partition coefficient (Wildman–Crippen LogP) is 2.84. The molecular formula is C27H43N3O7S2. The number of esters is 1. The zero-order valence-electron chi connectivity index (χ0n) is 23.9. The van der Waals surface area contributed by atoms with Crippen LogP contribution in [0, 0.1) is 24.2 Å². The molecule has 220 valence electrons. The van der Waals surface area contributed by atoms with Crippen molar-refractivity contribution >= 4 is 39.4 Å². The number of aliphatic hydroxyl groups excluding tert-OH is 2. The molecule has 2 saturated heterocycles. The number of aryl methyl sites for hydroxylation is 1. The highest BCUT2D eigenvalue weighted by atomic mass is 32.2. The summed E-state index contributed by atoms with van der Waals surface area (Å²) in [4.78, 5) is 30.8. The van der Waals surface area contributed by atoms with Gasteiger partial charge in [0.25, 0.3) is 10.2 Å². The number of cyclic esters (lactones) is 1. The number of ether oxygens (including phenoxy) is 1. The second-order valence-electron chi connectivity index (χ2n) is 11.6. The van der Waals surface area contributed by atoms with Crippen LogP contribution in [0.4, 0.5) is 0 Å². The first-order chi connectivity index (χ1) is 18.1. The molecule has 3 N–H and O–H groups in total. The smallest absolute Gasteiger partial charge is 0.309 e. The van der Waals surface area contributed by atoms with Gasteiger partial charge in [-0.1, -0.05) is 34.1 Å². The zero-order chi connectivity index (χ0) is 29.3. The van der Waals surface area contributed by atoms with Gasteiger partial charge in [0.1, 0.15) is 11.9 Å². The minimum Gasteiger partial charge on any atom is -0.458 e. The Morgan fingerprint density at radius 2 is 1.90 bits per heavy atom. The van der Waals surface area contributed by atoms with Crippen LogP contribution in [-0.4, -0.2) is 77.1 Å². The Morgan fingerprint density at radius 3 is 2.49 bits per heavy atom. The monoisotopic (exact) mass is 585 g/mol. The second kappa shape index (κ2) is 12.4. The number of aromatic nitrogens is 1. The second-order valence-corrected chi connectivity index (χ2v) is 14.4. The van der Waals surface area contributed by atoms with E-state index in [9.17, 15) is 28.2 Å². The van der Waals surface area contributed by atoms with E-state index in [1.54, 1.807) is 20.8 Å². The van der Waals surface area contributed by atoms with Crippen molar-refractivity contribution in [2.75, 3.05) is 7.05 Å². The average Bonchev–Trinajstić information content (AvgIpc) is 3.41. The summed E-state index contributed by atoms with van der Waals surface area (Å²) in [7, 11) is -2.35. The molecule has 2 unspecified atom stereocenters. The van der Waals surface area contributed by atoms with Crippen LogP contribution < -0.4 is 4.72 Å². The number of thiazole rings is 1. The number of ketones is 1. The maximum absolute atomic E-state index is 13.3. The molecule has 0 aromatic carbocycles. The fraction of sp³-hybridized carbons (Fsp3) is 0.741.